The van der Waals surface area contributed by atoms with Crippen LogP contribution in [0.4, 0.5) is 0 Å². The van der Waals surface area contributed by atoms with Crippen molar-refractivity contribution in [2.75, 3.05) is 13.1 Å². The zero-order valence-electron chi connectivity index (χ0n) is 9.42. The number of hydrogen-bond acceptors (Lipinski definition) is 3. The molecule has 0 fully saturated rings. The van der Waals surface area contributed by atoms with Crippen LogP contribution < -0.4 is 5.32 Å². The summed E-state index contributed by atoms with van der Waals surface area (Å²) in [5.74, 6) is 1.22. The van der Waals surface area contributed by atoms with Gasteiger partial charge in [-0.05, 0) is 23.6 Å². The summed E-state index contributed by atoms with van der Waals surface area (Å²) in [5, 5.41) is 13.4. The molecule has 0 bridgehead atoms. The van der Waals surface area contributed by atoms with Crippen LogP contribution in [0.5, 0.6) is 5.75 Å². The standard InChI is InChI=1S/C12H15ClN2O/c1-7(2)8-5-9(11(16)10(13)6-8)12-14-3-4-15-12/h5-7,16H,3-4H2,1-2H3,(H,14,15). The highest BCUT2D eigenvalue weighted by molar-refractivity contribution is 6.32. The molecule has 0 unspecified atom stereocenters. The Labute approximate surface area is 100 Å². The van der Waals surface area contributed by atoms with Gasteiger partial charge in [-0.1, -0.05) is 25.4 Å². The van der Waals surface area contributed by atoms with E-state index in [1.807, 2.05) is 6.07 Å². The molecular formula is C12H15ClN2O. The number of phenols is 1. The lowest BCUT2D eigenvalue weighted by atomic mass is 10.00. The van der Waals surface area contributed by atoms with Gasteiger partial charge in [-0.15, -0.1) is 0 Å². The van der Waals surface area contributed by atoms with Gasteiger partial charge in [0.15, 0.2) is 0 Å². The maximum Gasteiger partial charge on any atom is 0.145 e. The van der Waals surface area contributed by atoms with E-state index in [2.05, 4.69) is 24.2 Å². The molecule has 86 valence electrons. The number of phenolic OH excluding ortho intramolecular Hbond substituents is 1. The topological polar surface area (TPSA) is 44.6 Å². The van der Waals surface area contributed by atoms with Gasteiger partial charge >= 0.3 is 0 Å². The molecule has 1 heterocycles. The Hall–Kier alpha value is -1.22. The summed E-state index contributed by atoms with van der Waals surface area (Å²) in [6.07, 6.45) is 0. The third-order valence-corrected chi connectivity index (χ3v) is 2.97. The Bertz CT molecular complexity index is 441. The van der Waals surface area contributed by atoms with Gasteiger partial charge in [-0.3, -0.25) is 4.99 Å². The second-order valence-electron chi connectivity index (χ2n) is 4.21. The molecule has 3 nitrogen and oxygen atoms in total. The minimum Gasteiger partial charge on any atom is -0.506 e. The number of benzene rings is 1. The quantitative estimate of drug-likeness (QED) is 0.832. The van der Waals surface area contributed by atoms with Gasteiger partial charge in [0.2, 0.25) is 0 Å². The van der Waals surface area contributed by atoms with Crippen molar-refractivity contribution in [1.82, 2.24) is 5.32 Å². The van der Waals surface area contributed by atoms with E-state index in [9.17, 15) is 5.11 Å². The minimum absolute atomic E-state index is 0.110. The molecule has 0 spiro atoms. The van der Waals surface area contributed by atoms with E-state index in [4.69, 9.17) is 11.6 Å². The van der Waals surface area contributed by atoms with Crippen LogP contribution in [-0.4, -0.2) is 24.0 Å². The van der Waals surface area contributed by atoms with Crippen LogP contribution in [0.3, 0.4) is 0 Å². The van der Waals surface area contributed by atoms with Crippen LogP contribution in [0.25, 0.3) is 0 Å². The molecule has 0 aliphatic carbocycles. The monoisotopic (exact) mass is 238 g/mol. The Morgan fingerprint density at radius 2 is 2.19 bits per heavy atom. The van der Waals surface area contributed by atoms with E-state index in [0.717, 1.165) is 24.5 Å². The van der Waals surface area contributed by atoms with Crippen LogP contribution in [-0.2, 0) is 0 Å². The lowest BCUT2D eigenvalue weighted by Gasteiger charge is -2.12. The summed E-state index contributed by atoms with van der Waals surface area (Å²) in [6.45, 7) is 5.75. The van der Waals surface area contributed by atoms with Crippen molar-refractivity contribution >= 4 is 17.4 Å². The zero-order valence-corrected chi connectivity index (χ0v) is 10.2. The Morgan fingerprint density at radius 1 is 1.44 bits per heavy atom. The molecule has 0 amide bonds. The van der Waals surface area contributed by atoms with Crippen LogP contribution >= 0.6 is 11.6 Å². The molecule has 2 N–H and O–H groups in total. The Kier molecular flexibility index (Phi) is 3.06. The van der Waals surface area contributed by atoms with E-state index >= 15 is 0 Å². The van der Waals surface area contributed by atoms with Crippen molar-refractivity contribution in [3.63, 3.8) is 0 Å². The number of halogens is 1. The largest absolute Gasteiger partial charge is 0.506 e. The van der Waals surface area contributed by atoms with Gasteiger partial charge in [-0.25, -0.2) is 0 Å². The van der Waals surface area contributed by atoms with E-state index in [0.29, 0.717) is 16.5 Å². The van der Waals surface area contributed by atoms with Crippen molar-refractivity contribution in [3.05, 3.63) is 28.3 Å². The minimum atomic E-state index is 0.110. The number of nitrogens with zero attached hydrogens (tertiary/aromatic N) is 1. The van der Waals surface area contributed by atoms with Gasteiger partial charge in [0, 0.05) is 6.54 Å². The van der Waals surface area contributed by atoms with Crippen molar-refractivity contribution in [1.29, 1.82) is 0 Å². The predicted molar refractivity (Wildman–Crippen MR) is 66.6 cm³/mol. The fourth-order valence-corrected chi connectivity index (χ4v) is 1.94. The molecular weight excluding hydrogens is 224 g/mol. The molecule has 1 aliphatic rings. The molecule has 1 aromatic rings. The maximum atomic E-state index is 9.91. The molecule has 1 aromatic carbocycles. The summed E-state index contributed by atoms with van der Waals surface area (Å²) < 4.78 is 0. The second-order valence-corrected chi connectivity index (χ2v) is 4.62. The molecule has 16 heavy (non-hydrogen) atoms. The highest BCUT2D eigenvalue weighted by Gasteiger charge is 2.16. The van der Waals surface area contributed by atoms with E-state index in [1.165, 1.54) is 0 Å². The number of hydrogen-bond donors (Lipinski definition) is 2. The van der Waals surface area contributed by atoms with Gasteiger partial charge in [0.25, 0.3) is 0 Å². The summed E-state index contributed by atoms with van der Waals surface area (Å²) in [6, 6.07) is 3.75. The summed E-state index contributed by atoms with van der Waals surface area (Å²) >= 11 is 6.01. The van der Waals surface area contributed by atoms with Crippen LogP contribution in [0.15, 0.2) is 17.1 Å². The van der Waals surface area contributed by atoms with Crippen molar-refractivity contribution in [3.8, 4) is 5.75 Å². The van der Waals surface area contributed by atoms with Crippen molar-refractivity contribution in [2.24, 2.45) is 4.99 Å². The lowest BCUT2D eigenvalue weighted by molar-refractivity contribution is 0.474. The number of rotatable bonds is 2. The predicted octanol–water partition coefficient (Wildman–Crippen LogP) is 2.52. The van der Waals surface area contributed by atoms with Gasteiger partial charge in [0.1, 0.15) is 11.6 Å². The number of nitrogens with one attached hydrogen (secondary N) is 1. The number of aromatic hydroxyl groups is 1. The summed E-state index contributed by atoms with van der Waals surface area (Å²) in [7, 11) is 0. The van der Waals surface area contributed by atoms with Gasteiger partial charge in [-0.2, -0.15) is 0 Å². The lowest BCUT2D eigenvalue weighted by Crippen LogP contribution is -2.19. The van der Waals surface area contributed by atoms with Gasteiger partial charge < -0.3 is 10.4 Å². The first-order chi connectivity index (χ1) is 7.59. The molecule has 4 heteroatoms. The van der Waals surface area contributed by atoms with E-state index < -0.39 is 0 Å². The summed E-state index contributed by atoms with van der Waals surface area (Å²) in [4.78, 5) is 4.30. The molecule has 0 atom stereocenters. The molecule has 0 aromatic heterocycles. The second kappa shape index (κ2) is 4.34. The van der Waals surface area contributed by atoms with E-state index in [1.54, 1.807) is 6.07 Å². The third-order valence-electron chi connectivity index (χ3n) is 2.68. The third kappa shape index (κ3) is 2.00. The van der Waals surface area contributed by atoms with Gasteiger partial charge in [0.05, 0.1) is 17.1 Å². The number of amidine groups is 1. The van der Waals surface area contributed by atoms with E-state index in [-0.39, 0.29) is 5.75 Å². The van der Waals surface area contributed by atoms with Crippen LogP contribution in [0.1, 0.15) is 30.9 Å². The molecule has 0 saturated carbocycles. The Balaban J connectivity index is 2.50. The SMILES string of the molecule is CC(C)c1cc(Cl)c(O)c(C2=NCCN2)c1. The fourth-order valence-electron chi connectivity index (χ4n) is 1.71. The average molecular weight is 239 g/mol. The normalized spacial score (nSPS) is 15.1. The van der Waals surface area contributed by atoms with Crippen LogP contribution in [0, 0.1) is 0 Å². The first-order valence-corrected chi connectivity index (χ1v) is 5.78. The zero-order chi connectivity index (χ0) is 11.7. The first-order valence-electron chi connectivity index (χ1n) is 5.40. The maximum absolute atomic E-state index is 9.91. The summed E-state index contributed by atoms with van der Waals surface area (Å²) in [5.41, 5.74) is 1.81. The molecule has 0 saturated heterocycles. The first kappa shape index (κ1) is 11.3. The van der Waals surface area contributed by atoms with Crippen molar-refractivity contribution < 1.29 is 5.11 Å². The van der Waals surface area contributed by atoms with Crippen molar-refractivity contribution in [2.45, 2.75) is 19.8 Å². The smallest absolute Gasteiger partial charge is 0.145 e. The Morgan fingerprint density at radius 3 is 2.75 bits per heavy atom. The molecule has 1 aliphatic heterocycles. The van der Waals surface area contributed by atoms with Crippen LogP contribution in [0.2, 0.25) is 5.02 Å². The molecule has 2 rings (SSSR count). The molecule has 0 radical (unpaired) electrons. The fraction of sp³-hybridized carbons (Fsp3) is 0.417. The highest BCUT2D eigenvalue weighted by Crippen LogP contribution is 2.32. The number of aliphatic imine (C=N–C) groups is 1. The highest BCUT2D eigenvalue weighted by atomic mass is 35.5. The average Bonchev–Trinajstić information content (AvgIpc) is 2.74.